The van der Waals surface area contributed by atoms with Crippen LogP contribution in [0.5, 0.6) is 0 Å². The highest BCUT2D eigenvalue weighted by atomic mass is 16.2. The lowest BCUT2D eigenvalue weighted by atomic mass is 10.1. The van der Waals surface area contributed by atoms with E-state index >= 15 is 0 Å². The summed E-state index contributed by atoms with van der Waals surface area (Å²) in [6, 6.07) is 21.9. The molecule has 0 spiro atoms. The van der Waals surface area contributed by atoms with E-state index in [4.69, 9.17) is 0 Å². The van der Waals surface area contributed by atoms with Gasteiger partial charge in [-0.3, -0.25) is 14.6 Å². The van der Waals surface area contributed by atoms with Crippen LogP contribution in [0.3, 0.4) is 0 Å². The number of carbonyl (C=O) groups excluding carboxylic acids is 2. The molecule has 2 amide bonds. The highest BCUT2D eigenvalue weighted by molar-refractivity contribution is 5.99. The number of nitrogens with one attached hydrogen (secondary N) is 2. The van der Waals surface area contributed by atoms with Gasteiger partial charge in [-0.2, -0.15) is 0 Å². The number of hydrogen-bond acceptors (Lipinski definition) is 3. The van der Waals surface area contributed by atoms with E-state index in [1.165, 1.54) is 0 Å². The van der Waals surface area contributed by atoms with Crippen LogP contribution in [0.2, 0.25) is 0 Å². The lowest BCUT2D eigenvalue weighted by Crippen LogP contribution is -2.25. The van der Waals surface area contributed by atoms with Crippen LogP contribution in [0.25, 0.3) is 0 Å². The van der Waals surface area contributed by atoms with Gasteiger partial charge in [-0.05, 0) is 35.9 Å². The number of benzene rings is 2. The summed E-state index contributed by atoms with van der Waals surface area (Å²) in [4.78, 5) is 28.8. The molecule has 1 aromatic heterocycles. The highest BCUT2D eigenvalue weighted by Gasteiger charge is 2.10. The molecule has 0 bridgehead atoms. The smallest absolute Gasteiger partial charge is 0.251 e. The lowest BCUT2D eigenvalue weighted by molar-refractivity contribution is 0.0950. The van der Waals surface area contributed by atoms with Crippen molar-refractivity contribution in [2.24, 2.45) is 0 Å². The molecule has 0 atom stereocenters. The molecule has 0 fully saturated rings. The number of nitrogens with zero attached hydrogens (tertiary/aromatic N) is 1. The second-order valence-corrected chi connectivity index (χ2v) is 5.75. The summed E-state index contributed by atoms with van der Waals surface area (Å²) < 4.78 is 0. The van der Waals surface area contributed by atoms with Gasteiger partial charge in [-0.15, -0.1) is 0 Å². The van der Waals surface area contributed by atoms with Gasteiger partial charge in [-0.1, -0.05) is 42.5 Å². The van der Waals surface area contributed by atoms with Crippen LogP contribution in [0, 0.1) is 0 Å². The van der Waals surface area contributed by atoms with E-state index in [1.807, 2.05) is 48.5 Å². The van der Waals surface area contributed by atoms with Gasteiger partial charge in [0.1, 0.15) is 0 Å². The fraction of sp³-hybridized carbons (Fsp3) is 0.0952. The zero-order valence-electron chi connectivity index (χ0n) is 14.2. The molecule has 3 rings (SSSR count). The molecule has 0 saturated heterocycles. The molecule has 0 aliphatic carbocycles. The molecule has 3 aromatic rings. The first-order valence-electron chi connectivity index (χ1n) is 8.32. The van der Waals surface area contributed by atoms with E-state index < -0.39 is 0 Å². The van der Waals surface area contributed by atoms with Crippen molar-refractivity contribution in [1.29, 1.82) is 0 Å². The quantitative estimate of drug-likeness (QED) is 0.721. The lowest BCUT2D eigenvalue weighted by Gasteiger charge is -2.08. The Balaban J connectivity index is 1.60. The number of pyridine rings is 1. The molecule has 5 heteroatoms. The summed E-state index contributed by atoms with van der Waals surface area (Å²) in [6.45, 7) is 0.778. The van der Waals surface area contributed by atoms with Crippen molar-refractivity contribution in [2.75, 3.05) is 0 Å². The maximum Gasteiger partial charge on any atom is 0.251 e. The second-order valence-electron chi connectivity index (χ2n) is 5.75. The Morgan fingerprint density at radius 2 is 1.38 bits per heavy atom. The minimum absolute atomic E-state index is 0.215. The Kier molecular flexibility index (Phi) is 5.72. The van der Waals surface area contributed by atoms with E-state index in [0.717, 1.165) is 11.3 Å². The van der Waals surface area contributed by atoms with Crippen molar-refractivity contribution in [2.45, 2.75) is 13.1 Å². The molecular weight excluding hydrogens is 326 g/mol. The van der Waals surface area contributed by atoms with Crippen molar-refractivity contribution in [1.82, 2.24) is 15.6 Å². The van der Waals surface area contributed by atoms with Gasteiger partial charge in [0.2, 0.25) is 0 Å². The fourth-order valence-corrected chi connectivity index (χ4v) is 2.46. The number of aromatic nitrogens is 1. The van der Waals surface area contributed by atoms with E-state index in [0.29, 0.717) is 24.2 Å². The third-order valence-corrected chi connectivity index (χ3v) is 3.84. The van der Waals surface area contributed by atoms with E-state index in [2.05, 4.69) is 15.6 Å². The molecule has 0 radical (unpaired) electrons. The van der Waals surface area contributed by atoms with Crippen LogP contribution in [0.1, 0.15) is 32.0 Å². The predicted octanol–water partition coefficient (Wildman–Crippen LogP) is 2.94. The molecule has 2 N–H and O–H groups in total. The summed E-state index contributed by atoms with van der Waals surface area (Å²) in [7, 11) is 0. The van der Waals surface area contributed by atoms with Gasteiger partial charge in [0, 0.05) is 23.9 Å². The Hall–Kier alpha value is -3.47. The van der Waals surface area contributed by atoms with Crippen molar-refractivity contribution < 1.29 is 9.59 Å². The van der Waals surface area contributed by atoms with Gasteiger partial charge < -0.3 is 10.6 Å². The van der Waals surface area contributed by atoms with Crippen LogP contribution in [-0.4, -0.2) is 16.8 Å². The number of hydrogen-bond donors (Lipinski definition) is 2. The van der Waals surface area contributed by atoms with Gasteiger partial charge >= 0.3 is 0 Å². The van der Waals surface area contributed by atoms with Gasteiger partial charge in [0.25, 0.3) is 11.8 Å². The maximum absolute atomic E-state index is 12.3. The summed E-state index contributed by atoms with van der Waals surface area (Å²) in [5.74, 6) is -0.457. The summed E-state index contributed by atoms with van der Waals surface area (Å²) in [5, 5.41) is 5.66. The van der Waals surface area contributed by atoms with E-state index in [-0.39, 0.29) is 11.8 Å². The van der Waals surface area contributed by atoms with Gasteiger partial charge in [0.15, 0.2) is 0 Å². The second kappa shape index (κ2) is 8.58. The molecule has 130 valence electrons. The standard InChI is InChI=1S/C21H19N3O2/c25-20(23-14-16-7-2-1-3-8-16)17-9-6-10-18(13-17)21(26)24-15-19-11-4-5-12-22-19/h1-13H,14-15H2,(H,23,25)(H,24,26). The third kappa shape index (κ3) is 4.77. The number of rotatable bonds is 6. The maximum atomic E-state index is 12.3. The highest BCUT2D eigenvalue weighted by Crippen LogP contribution is 2.07. The molecular formula is C21H19N3O2. The van der Waals surface area contributed by atoms with Crippen LogP contribution in [0.4, 0.5) is 0 Å². The van der Waals surface area contributed by atoms with E-state index in [1.54, 1.807) is 30.5 Å². The average Bonchev–Trinajstić information content (AvgIpc) is 2.72. The number of amides is 2. The first-order chi connectivity index (χ1) is 12.7. The first kappa shape index (κ1) is 17.4. The average molecular weight is 345 g/mol. The first-order valence-corrected chi connectivity index (χ1v) is 8.32. The molecule has 2 aromatic carbocycles. The van der Waals surface area contributed by atoms with Crippen molar-refractivity contribution >= 4 is 11.8 Å². The molecule has 0 unspecified atom stereocenters. The minimum Gasteiger partial charge on any atom is -0.348 e. The van der Waals surface area contributed by atoms with Crippen molar-refractivity contribution in [3.05, 3.63) is 101 Å². The molecule has 1 heterocycles. The Labute approximate surface area is 152 Å². The minimum atomic E-state index is -0.242. The zero-order chi connectivity index (χ0) is 18.2. The SMILES string of the molecule is O=C(NCc1ccccc1)c1cccc(C(=O)NCc2ccccn2)c1. The predicted molar refractivity (Wildman–Crippen MR) is 99.5 cm³/mol. The van der Waals surface area contributed by atoms with Crippen molar-refractivity contribution in [3.8, 4) is 0 Å². The number of carbonyl (C=O) groups is 2. The topological polar surface area (TPSA) is 71.1 Å². The monoisotopic (exact) mass is 345 g/mol. The van der Waals surface area contributed by atoms with Crippen LogP contribution >= 0.6 is 0 Å². The third-order valence-electron chi connectivity index (χ3n) is 3.84. The Morgan fingerprint density at radius 1 is 0.731 bits per heavy atom. The zero-order valence-corrected chi connectivity index (χ0v) is 14.2. The van der Waals surface area contributed by atoms with E-state index in [9.17, 15) is 9.59 Å². The molecule has 0 aliphatic heterocycles. The Bertz CT molecular complexity index is 809. The summed E-state index contributed by atoms with van der Waals surface area (Å²) in [6.07, 6.45) is 1.68. The van der Waals surface area contributed by atoms with Crippen LogP contribution < -0.4 is 10.6 Å². The van der Waals surface area contributed by atoms with Crippen LogP contribution in [-0.2, 0) is 13.1 Å². The summed E-state index contributed by atoms with van der Waals surface area (Å²) >= 11 is 0. The van der Waals surface area contributed by atoms with Crippen LogP contribution in [0.15, 0.2) is 79.0 Å². The van der Waals surface area contributed by atoms with Gasteiger partial charge in [-0.25, -0.2) is 0 Å². The largest absolute Gasteiger partial charge is 0.348 e. The molecule has 0 aliphatic rings. The fourth-order valence-electron chi connectivity index (χ4n) is 2.46. The van der Waals surface area contributed by atoms with Gasteiger partial charge in [0.05, 0.1) is 12.2 Å². The van der Waals surface area contributed by atoms with Crippen molar-refractivity contribution in [3.63, 3.8) is 0 Å². The molecule has 26 heavy (non-hydrogen) atoms. The Morgan fingerprint density at radius 3 is 2.04 bits per heavy atom. The normalized spacial score (nSPS) is 10.2. The molecule has 5 nitrogen and oxygen atoms in total. The molecule has 0 saturated carbocycles. The summed E-state index contributed by atoms with van der Waals surface area (Å²) in [5.41, 5.74) is 2.68.